The molecule has 1 aliphatic carbocycles. The second-order valence-electron chi connectivity index (χ2n) is 7.40. The van der Waals surface area contributed by atoms with Crippen LogP contribution in [0.2, 0.25) is 0 Å². The Morgan fingerprint density at radius 2 is 1.70 bits per heavy atom. The molecule has 0 saturated heterocycles. The average molecular weight is 414 g/mol. The molecule has 0 saturated carbocycles. The van der Waals surface area contributed by atoms with Gasteiger partial charge < -0.3 is 0 Å². The molecule has 0 nitrogen and oxygen atoms in total. The zero-order valence-electron chi connectivity index (χ0n) is 14.1. The molecule has 23 heavy (non-hydrogen) atoms. The summed E-state index contributed by atoms with van der Waals surface area (Å²) in [4.78, 5) is 0. The fourth-order valence-corrected chi connectivity index (χ4v) is 5.37. The molecule has 2 atom stereocenters. The van der Waals surface area contributed by atoms with Crippen molar-refractivity contribution in [3.63, 3.8) is 0 Å². The molecular formula is C22H23I. The lowest BCUT2D eigenvalue weighted by molar-refractivity contribution is 0.346. The van der Waals surface area contributed by atoms with Crippen LogP contribution in [0, 0.1) is 12.8 Å². The average Bonchev–Trinajstić information content (AvgIpc) is 2.93. The highest BCUT2D eigenvalue weighted by atomic mass is 127. The summed E-state index contributed by atoms with van der Waals surface area (Å²) >= 11 is 2.55. The van der Waals surface area contributed by atoms with Crippen LogP contribution in [0.25, 0.3) is 21.5 Å². The zero-order chi connectivity index (χ0) is 16.2. The smallest absolute Gasteiger partial charge is 0.00294 e. The van der Waals surface area contributed by atoms with E-state index in [2.05, 4.69) is 85.8 Å². The van der Waals surface area contributed by atoms with Crippen LogP contribution in [0.5, 0.6) is 0 Å². The van der Waals surface area contributed by atoms with E-state index < -0.39 is 0 Å². The lowest BCUT2D eigenvalue weighted by atomic mass is 9.74. The summed E-state index contributed by atoms with van der Waals surface area (Å²) in [7, 11) is 0. The Labute approximate surface area is 152 Å². The highest BCUT2D eigenvalue weighted by Crippen LogP contribution is 2.47. The first-order chi connectivity index (χ1) is 11.1. The molecule has 1 aliphatic rings. The maximum absolute atomic E-state index is 2.55. The zero-order valence-corrected chi connectivity index (χ0v) is 16.3. The Kier molecular flexibility index (Phi) is 3.67. The molecule has 0 spiro atoms. The van der Waals surface area contributed by atoms with Crippen LogP contribution in [0.4, 0.5) is 0 Å². The quantitative estimate of drug-likeness (QED) is 0.253. The van der Waals surface area contributed by atoms with Crippen molar-refractivity contribution in [2.75, 3.05) is 4.43 Å². The molecule has 0 bridgehead atoms. The molecule has 0 radical (unpaired) electrons. The van der Waals surface area contributed by atoms with Crippen LogP contribution < -0.4 is 0 Å². The number of fused-ring (bicyclic) bond motifs is 5. The van der Waals surface area contributed by atoms with E-state index in [4.69, 9.17) is 0 Å². The lowest BCUT2D eigenvalue weighted by Gasteiger charge is -2.32. The molecule has 3 aromatic carbocycles. The summed E-state index contributed by atoms with van der Waals surface area (Å²) in [5.74, 6) is 0.726. The minimum atomic E-state index is 0.340. The molecule has 118 valence electrons. The van der Waals surface area contributed by atoms with Gasteiger partial charge >= 0.3 is 0 Å². The SMILES string of the molecule is Cc1cccc2c1ccc1c3c(ccc12)[C@](C)([C@H](C)CI)CC3. The molecule has 0 N–H and O–H groups in total. The number of alkyl halides is 1. The van der Waals surface area contributed by atoms with E-state index >= 15 is 0 Å². The van der Waals surface area contributed by atoms with Crippen LogP contribution >= 0.6 is 22.6 Å². The standard InChI is InChI=1S/C22H23I/c1-14-5-4-6-17-16(14)7-8-19-18(17)9-10-21-20(19)11-12-22(21,3)15(2)13-23/h4-10,15H,11-13H2,1-3H3/t15-,22+/m1/s1. The van der Waals surface area contributed by atoms with Crippen molar-refractivity contribution in [2.45, 2.75) is 39.0 Å². The third-order valence-electron chi connectivity index (χ3n) is 6.22. The Morgan fingerprint density at radius 1 is 1.00 bits per heavy atom. The molecular weight excluding hydrogens is 391 g/mol. The van der Waals surface area contributed by atoms with Crippen LogP contribution in [-0.2, 0) is 11.8 Å². The van der Waals surface area contributed by atoms with Crippen molar-refractivity contribution in [3.8, 4) is 0 Å². The predicted molar refractivity (Wildman–Crippen MR) is 110 cm³/mol. The maximum atomic E-state index is 2.55. The van der Waals surface area contributed by atoms with Gasteiger partial charge in [-0.05, 0) is 69.3 Å². The molecule has 3 aromatic rings. The van der Waals surface area contributed by atoms with E-state index in [0.29, 0.717) is 5.41 Å². The Bertz CT molecular complexity index is 909. The van der Waals surface area contributed by atoms with Gasteiger partial charge in [0, 0.05) is 4.43 Å². The van der Waals surface area contributed by atoms with Crippen LogP contribution in [0.15, 0.2) is 42.5 Å². The fraction of sp³-hybridized carbons (Fsp3) is 0.364. The van der Waals surface area contributed by atoms with E-state index in [0.717, 1.165) is 5.92 Å². The predicted octanol–water partition coefficient (Wildman–Crippen LogP) is 6.58. The summed E-state index contributed by atoms with van der Waals surface area (Å²) in [6, 6.07) is 16.2. The highest BCUT2D eigenvalue weighted by Gasteiger charge is 2.39. The molecule has 0 fully saturated rings. The minimum absolute atomic E-state index is 0.340. The number of hydrogen-bond acceptors (Lipinski definition) is 0. The third-order valence-corrected chi connectivity index (χ3v) is 7.54. The monoisotopic (exact) mass is 414 g/mol. The normalized spacial score (nSPS) is 21.7. The number of rotatable bonds is 2. The van der Waals surface area contributed by atoms with Crippen molar-refractivity contribution in [3.05, 3.63) is 59.2 Å². The summed E-state index contributed by atoms with van der Waals surface area (Å²) in [5, 5.41) is 5.70. The highest BCUT2D eigenvalue weighted by molar-refractivity contribution is 14.1. The lowest BCUT2D eigenvalue weighted by Crippen LogP contribution is -2.28. The van der Waals surface area contributed by atoms with E-state index in [1.807, 2.05) is 0 Å². The number of benzene rings is 3. The van der Waals surface area contributed by atoms with Gasteiger partial charge in [0.1, 0.15) is 0 Å². The topological polar surface area (TPSA) is 0 Å². The number of aryl methyl sites for hydroxylation is 2. The van der Waals surface area contributed by atoms with Gasteiger partial charge in [-0.1, -0.05) is 78.9 Å². The summed E-state index contributed by atoms with van der Waals surface area (Å²) in [5.41, 5.74) is 4.91. The van der Waals surface area contributed by atoms with Gasteiger partial charge in [-0.3, -0.25) is 0 Å². The first-order valence-corrected chi connectivity index (χ1v) is 10.1. The summed E-state index contributed by atoms with van der Waals surface area (Å²) in [6.07, 6.45) is 2.51. The first-order valence-electron chi connectivity index (χ1n) is 8.56. The van der Waals surface area contributed by atoms with Crippen LogP contribution in [-0.4, -0.2) is 4.43 Å². The van der Waals surface area contributed by atoms with Gasteiger partial charge in [-0.2, -0.15) is 0 Å². The largest absolute Gasteiger partial charge is 0.0861 e. The second kappa shape index (κ2) is 5.47. The van der Waals surface area contributed by atoms with Crippen molar-refractivity contribution in [1.29, 1.82) is 0 Å². The first kappa shape index (κ1) is 15.4. The van der Waals surface area contributed by atoms with Crippen molar-refractivity contribution in [2.24, 2.45) is 5.92 Å². The van der Waals surface area contributed by atoms with Gasteiger partial charge in [-0.25, -0.2) is 0 Å². The van der Waals surface area contributed by atoms with Crippen molar-refractivity contribution in [1.82, 2.24) is 0 Å². The van der Waals surface area contributed by atoms with Gasteiger partial charge in [0.25, 0.3) is 0 Å². The van der Waals surface area contributed by atoms with Crippen molar-refractivity contribution >= 4 is 44.1 Å². The minimum Gasteiger partial charge on any atom is -0.0861 e. The van der Waals surface area contributed by atoms with Gasteiger partial charge in [0.2, 0.25) is 0 Å². The molecule has 0 amide bonds. The second-order valence-corrected chi connectivity index (χ2v) is 8.28. The molecule has 0 aromatic heterocycles. The van der Waals surface area contributed by atoms with E-state index in [9.17, 15) is 0 Å². The molecule has 4 rings (SSSR count). The fourth-order valence-electron chi connectivity index (χ4n) is 4.40. The van der Waals surface area contributed by atoms with Gasteiger partial charge in [0.05, 0.1) is 0 Å². The Morgan fingerprint density at radius 3 is 2.48 bits per heavy atom. The van der Waals surface area contributed by atoms with Crippen LogP contribution in [0.3, 0.4) is 0 Å². The van der Waals surface area contributed by atoms with Crippen molar-refractivity contribution < 1.29 is 0 Å². The van der Waals surface area contributed by atoms with Gasteiger partial charge in [0.15, 0.2) is 0 Å². The number of hydrogen-bond donors (Lipinski definition) is 0. The summed E-state index contributed by atoms with van der Waals surface area (Å²) in [6.45, 7) is 7.09. The summed E-state index contributed by atoms with van der Waals surface area (Å²) < 4.78 is 1.22. The molecule has 0 heterocycles. The van der Waals surface area contributed by atoms with Gasteiger partial charge in [-0.15, -0.1) is 0 Å². The van der Waals surface area contributed by atoms with E-state index in [-0.39, 0.29) is 0 Å². The molecule has 1 heteroatoms. The van der Waals surface area contributed by atoms with E-state index in [1.165, 1.54) is 44.4 Å². The third kappa shape index (κ3) is 2.15. The van der Waals surface area contributed by atoms with Crippen LogP contribution in [0.1, 0.15) is 37.0 Å². The molecule has 0 unspecified atom stereocenters. The maximum Gasteiger partial charge on any atom is 0.00294 e. The molecule has 0 aliphatic heterocycles. The Balaban J connectivity index is 2.02. The van der Waals surface area contributed by atoms with E-state index in [1.54, 1.807) is 11.1 Å². The number of halogens is 1. The Hall–Kier alpha value is -1.09.